The molecular weight excluding hydrogens is 380 g/mol. The van der Waals surface area contributed by atoms with Crippen LogP contribution in [-0.2, 0) is 19.1 Å². The van der Waals surface area contributed by atoms with E-state index in [4.69, 9.17) is 0 Å². The summed E-state index contributed by atoms with van der Waals surface area (Å²) in [5.41, 5.74) is 1.44. The summed E-state index contributed by atoms with van der Waals surface area (Å²) in [7, 11) is 1.29. The lowest BCUT2D eigenvalue weighted by molar-refractivity contribution is -0.121. The number of benzene rings is 2. The Bertz CT molecular complexity index is 899. The summed E-state index contributed by atoms with van der Waals surface area (Å²) in [6.45, 7) is 0. The fourth-order valence-corrected chi connectivity index (χ4v) is 3.70. The zero-order valence-electron chi connectivity index (χ0n) is 15.1. The first-order chi connectivity index (χ1) is 13.5. The van der Waals surface area contributed by atoms with E-state index in [9.17, 15) is 19.2 Å². The van der Waals surface area contributed by atoms with Gasteiger partial charge in [0.1, 0.15) is 0 Å². The van der Waals surface area contributed by atoms with Crippen molar-refractivity contribution in [3.63, 3.8) is 0 Å². The molecule has 1 saturated heterocycles. The van der Waals surface area contributed by atoms with E-state index in [1.165, 1.54) is 12.0 Å². The first-order valence-electron chi connectivity index (χ1n) is 8.51. The Morgan fingerprint density at radius 1 is 1.11 bits per heavy atom. The number of imide groups is 1. The summed E-state index contributed by atoms with van der Waals surface area (Å²) >= 11 is 1.14. The third-order valence-corrected chi connectivity index (χ3v) is 5.32. The minimum absolute atomic E-state index is 0.0328. The molecule has 0 radical (unpaired) electrons. The number of amides is 3. The normalized spacial score (nSPS) is 16.2. The van der Waals surface area contributed by atoms with Crippen molar-refractivity contribution in [2.75, 3.05) is 23.1 Å². The molecule has 0 spiro atoms. The van der Waals surface area contributed by atoms with Gasteiger partial charge in [-0.25, -0.2) is 9.69 Å². The van der Waals surface area contributed by atoms with Gasteiger partial charge in [-0.3, -0.25) is 14.4 Å². The van der Waals surface area contributed by atoms with Gasteiger partial charge in [0, 0.05) is 12.1 Å². The maximum Gasteiger partial charge on any atom is 0.337 e. The third-order valence-electron chi connectivity index (χ3n) is 4.13. The minimum atomic E-state index is -0.583. The Morgan fingerprint density at radius 2 is 1.79 bits per heavy atom. The van der Waals surface area contributed by atoms with Crippen molar-refractivity contribution in [2.24, 2.45) is 0 Å². The summed E-state index contributed by atoms with van der Waals surface area (Å²) < 4.78 is 4.62. The van der Waals surface area contributed by atoms with Crippen molar-refractivity contribution in [3.8, 4) is 0 Å². The fourth-order valence-electron chi connectivity index (χ4n) is 2.76. The second-order valence-electron chi connectivity index (χ2n) is 6.02. The highest BCUT2D eigenvalue weighted by molar-refractivity contribution is 8.01. The molecular formula is C20H18N2O5S. The number of carbonyl (C=O) groups is 4. The molecule has 0 aliphatic carbocycles. The van der Waals surface area contributed by atoms with Crippen LogP contribution in [0.1, 0.15) is 16.8 Å². The monoisotopic (exact) mass is 398 g/mol. The molecule has 1 atom stereocenters. The number of rotatable bonds is 6. The van der Waals surface area contributed by atoms with Gasteiger partial charge < -0.3 is 10.1 Å². The SMILES string of the molecule is COC(=O)c1ccc(NC(=O)CS[C@H]2CC(=O)N(c3ccccc3)C2=O)cc1. The smallest absolute Gasteiger partial charge is 0.337 e. The molecule has 1 aliphatic heterocycles. The Labute approximate surface area is 166 Å². The quantitative estimate of drug-likeness (QED) is 0.594. The third kappa shape index (κ3) is 4.40. The molecule has 0 aromatic heterocycles. The number of hydrogen-bond acceptors (Lipinski definition) is 6. The minimum Gasteiger partial charge on any atom is -0.465 e. The van der Waals surface area contributed by atoms with Crippen LogP contribution in [0.4, 0.5) is 11.4 Å². The zero-order chi connectivity index (χ0) is 20.1. The lowest BCUT2D eigenvalue weighted by Gasteiger charge is -2.14. The Kier molecular flexibility index (Phi) is 6.10. The van der Waals surface area contributed by atoms with Gasteiger partial charge in [-0.2, -0.15) is 0 Å². The number of nitrogens with one attached hydrogen (secondary N) is 1. The number of esters is 1. The Morgan fingerprint density at radius 3 is 2.43 bits per heavy atom. The largest absolute Gasteiger partial charge is 0.465 e. The molecule has 1 fully saturated rings. The van der Waals surface area contributed by atoms with Gasteiger partial charge in [0.2, 0.25) is 17.7 Å². The van der Waals surface area contributed by atoms with Crippen LogP contribution in [0.3, 0.4) is 0 Å². The topological polar surface area (TPSA) is 92.8 Å². The van der Waals surface area contributed by atoms with Gasteiger partial charge in [-0.1, -0.05) is 18.2 Å². The van der Waals surface area contributed by atoms with E-state index in [0.717, 1.165) is 11.8 Å². The van der Waals surface area contributed by atoms with Gasteiger partial charge >= 0.3 is 5.97 Å². The highest BCUT2D eigenvalue weighted by atomic mass is 32.2. The van der Waals surface area contributed by atoms with E-state index in [-0.39, 0.29) is 29.9 Å². The van der Waals surface area contributed by atoms with Crippen molar-refractivity contribution < 1.29 is 23.9 Å². The number of para-hydroxylation sites is 1. The summed E-state index contributed by atoms with van der Waals surface area (Å²) in [6.07, 6.45) is 0.0689. The molecule has 1 heterocycles. The second-order valence-corrected chi connectivity index (χ2v) is 7.21. The molecule has 0 unspecified atom stereocenters. The highest BCUT2D eigenvalue weighted by Crippen LogP contribution is 2.29. The molecule has 0 saturated carbocycles. The second kappa shape index (κ2) is 8.71. The molecule has 3 amide bonds. The lowest BCUT2D eigenvalue weighted by atomic mass is 10.2. The highest BCUT2D eigenvalue weighted by Gasteiger charge is 2.39. The van der Waals surface area contributed by atoms with Crippen LogP contribution < -0.4 is 10.2 Å². The number of carbonyl (C=O) groups excluding carboxylic acids is 4. The van der Waals surface area contributed by atoms with E-state index < -0.39 is 11.2 Å². The van der Waals surface area contributed by atoms with E-state index in [2.05, 4.69) is 10.1 Å². The van der Waals surface area contributed by atoms with E-state index in [0.29, 0.717) is 16.9 Å². The number of hydrogen-bond donors (Lipinski definition) is 1. The van der Waals surface area contributed by atoms with Crippen molar-refractivity contribution in [2.45, 2.75) is 11.7 Å². The van der Waals surface area contributed by atoms with Gasteiger partial charge in [-0.15, -0.1) is 11.8 Å². The predicted octanol–water partition coefficient (Wildman–Crippen LogP) is 2.48. The van der Waals surface area contributed by atoms with Crippen LogP contribution in [0.25, 0.3) is 0 Å². The fraction of sp³-hybridized carbons (Fsp3) is 0.200. The molecule has 7 nitrogen and oxygen atoms in total. The van der Waals surface area contributed by atoms with Crippen molar-refractivity contribution >= 4 is 46.8 Å². The van der Waals surface area contributed by atoms with Crippen molar-refractivity contribution in [3.05, 3.63) is 60.2 Å². The summed E-state index contributed by atoms with van der Waals surface area (Å²) in [6, 6.07) is 15.0. The maximum absolute atomic E-state index is 12.5. The number of nitrogens with zero attached hydrogens (tertiary/aromatic N) is 1. The molecule has 1 aliphatic rings. The maximum atomic E-state index is 12.5. The molecule has 2 aromatic carbocycles. The van der Waals surface area contributed by atoms with Crippen LogP contribution in [0.2, 0.25) is 0 Å². The molecule has 8 heteroatoms. The first-order valence-corrected chi connectivity index (χ1v) is 9.56. The molecule has 28 heavy (non-hydrogen) atoms. The number of anilines is 2. The van der Waals surface area contributed by atoms with E-state index in [1.807, 2.05) is 6.07 Å². The average molecular weight is 398 g/mol. The predicted molar refractivity (Wildman–Crippen MR) is 106 cm³/mol. The zero-order valence-corrected chi connectivity index (χ0v) is 15.9. The van der Waals surface area contributed by atoms with Crippen LogP contribution in [-0.4, -0.2) is 41.8 Å². The van der Waals surface area contributed by atoms with Crippen LogP contribution in [0.15, 0.2) is 54.6 Å². The van der Waals surface area contributed by atoms with Gasteiger partial charge in [0.05, 0.1) is 29.4 Å². The van der Waals surface area contributed by atoms with Crippen molar-refractivity contribution in [1.29, 1.82) is 0 Å². The standard InChI is InChI=1S/C20H18N2O5S/c1-27-20(26)13-7-9-14(10-8-13)21-17(23)12-28-16-11-18(24)22(19(16)25)15-5-3-2-4-6-15/h2-10,16H,11-12H2,1H3,(H,21,23)/t16-/m0/s1. The van der Waals surface area contributed by atoms with E-state index >= 15 is 0 Å². The molecule has 144 valence electrons. The molecule has 1 N–H and O–H groups in total. The van der Waals surface area contributed by atoms with Crippen LogP contribution in [0.5, 0.6) is 0 Å². The number of thioether (sulfide) groups is 1. The van der Waals surface area contributed by atoms with E-state index in [1.54, 1.807) is 48.5 Å². The van der Waals surface area contributed by atoms with Gasteiger partial charge in [0.15, 0.2) is 0 Å². The summed E-state index contributed by atoms with van der Waals surface area (Å²) in [5.74, 6) is -1.30. The lowest BCUT2D eigenvalue weighted by Crippen LogP contribution is -2.31. The Balaban J connectivity index is 1.54. The van der Waals surface area contributed by atoms with Crippen LogP contribution >= 0.6 is 11.8 Å². The molecule has 0 bridgehead atoms. The number of ether oxygens (including phenoxy) is 1. The average Bonchev–Trinajstić information content (AvgIpc) is 3.00. The Hall–Kier alpha value is -3.13. The first kappa shape index (κ1) is 19.6. The van der Waals surface area contributed by atoms with Gasteiger partial charge in [0.25, 0.3) is 0 Å². The van der Waals surface area contributed by atoms with Crippen molar-refractivity contribution in [1.82, 2.24) is 0 Å². The number of methoxy groups -OCH3 is 1. The van der Waals surface area contributed by atoms with Gasteiger partial charge in [-0.05, 0) is 36.4 Å². The molecule has 2 aromatic rings. The summed E-state index contributed by atoms with van der Waals surface area (Å²) in [5, 5.41) is 2.11. The van der Waals surface area contributed by atoms with Crippen LogP contribution in [0, 0.1) is 0 Å². The summed E-state index contributed by atoms with van der Waals surface area (Å²) in [4.78, 5) is 49.4. The molecule has 3 rings (SSSR count).